The topological polar surface area (TPSA) is 103 Å². The zero-order valence-corrected chi connectivity index (χ0v) is 14.7. The average molecular weight is 365 g/mol. The maximum absolute atomic E-state index is 12.8. The monoisotopic (exact) mass is 365 g/mol. The first-order valence-electron chi connectivity index (χ1n) is 7.76. The van der Waals surface area contributed by atoms with Gasteiger partial charge in [0, 0.05) is 26.4 Å². The van der Waals surface area contributed by atoms with E-state index in [0.717, 1.165) is 5.56 Å². The van der Waals surface area contributed by atoms with Crippen LogP contribution in [0.25, 0.3) is 0 Å². The van der Waals surface area contributed by atoms with E-state index in [9.17, 15) is 14.0 Å². The number of nitrogens with two attached hydrogens (primary N) is 1. The van der Waals surface area contributed by atoms with Crippen LogP contribution >= 0.6 is 11.8 Å². The summed E-state index contributed by atoms with van der Waals surface area (Å²) in [6.07, 6.45) is 1.27. The fourth-order valence-corrected chi connectivity index (χ4v) is 2.86. The summed E-state index contributed by atoms with van der Waals surface area (Å²) in [5.74, 6) is 0.0817. The summed E-state index contributed by atoms with van der Waals surface area (Å²) in [5, 5.41) is 11.4. The number of nitrogens with one attached hydrogen (secondary N) is 1. The predicted molar refractivity (Wildman–Crippen MR) is 92.4 cm³/mol. The molecule has 1 heterocycles. The van der Waals surface area contributed by atoms with Crippen LogP contribution in [0.2, 0.25) is 0 Å². The van der Waals surface area contributed by atoms with Gasteiger partial charge < -0.3 is 15.6 Å². The summed E-state index contributed by atoms with van der Waals surface area (Å²) in [7, 11) is 1.78. The number of rotatable bonds is 9. The number of thioether (sulfide) groups is 1. The molecule has 25 heavy (non-hydrogen) atoms. The standard InChI is InChI=1S/C16H20FN5O2S/c1-22-14(7-6-13(18)23)20-21-16(22)25-10-15(24)19-9-8-11-2-4-12(17)5-3-11/h2-5H,6-10H2,1H3,(H2,18,23)(H,19,24). The van der Waals surface area contributed by atoms with Crippen molar-refractivity contribution < 1.29 is 14.0 Å². The maximum atomic E-state index is 12.8. The molecule has 0 saturated heterocycles. The number of benzene rings is 1. The van der Waals surface area contributed by atoms with E-state index in [-0.39, 0.29) is 23.9 Å². The second-order valence-corrected chi connectivity index (χ2v) is 6.38. The molecule has 9 heteroatoms. The van der Waals surface area contributed by atoms with Crippen LogP contribution in [0.4, 0.5) is 4.39 Å². The molecule has 0 bridgehead atoms. The minimum Gasteiger partial charge on any atom is -0.370 e. The Labute approximate surface area is 149 Å². The lowest BCUT2D eigenvalue weighted by Crippen LogP contribution is -2.27. The van der Waals surface area contributed by atoms with Crippen molar-refractivity contribution in [3.8, 4) is 0 Å². The highest BCUT2D eigenvalue weighted by molar-refractivity contribution is 7.99. The molecular formula is C16H20FN5O2S. The summed E-state index contributed by atoms with van der Waals surface area (Å²) < 4.78 is 14.6. The molecule has 0 aliphatic carbocycles. The van der Waals surface area contributed by atoms with Crippen LogP contribution in [0.3, 0.4) is 0 Å². The number of primary amides is 1. The number of hydrogen-bond donors (Lipinski definition) is 2. The molecule has 0 atom stereocenters. The summed E-state index contributed by atoms with van der Waals surface area (Å²) in [5.41, 5.74) is 6.08. The van der Waals surface area contributed by atoms with Gasteiger partial charge in [-0.1, -0.05) is 23.9 Å². The molecule has 0 radical (unpaired) electrons. The van der Waals surface area contributed by atoms with Crippen LogP contribution in [-0.4, -0.2) is 38.9 Å². The SMILES string of the molecule is Cn1c(CCC(N)=O)nnc1SCC(=O)NCCc1ccc(F)cc1. The van der Waals surface area contributed by atoms with E-state index in [1.54, 1.807) is 23.7 Å². The van der Waals surface area contributed by atoms with E-state index < -0.39 is 5.91 Å². The molecule has 134 valence electrons. The zero-order valence-electron chi connectivity index (χ0n) is 13.9. The Morgan fingerprint density at radius 3 is 2.64 bits per heavy atom. The highest BCUT2D eigenvalue weighted by Crippen LogP contribution is 2.15. The van der Waals surface area contributed by atoms with Crippen LogP contribution < -0.4 is 11.1 Å². The van der Waals surface area contributed by atoms with Crippen LogP contribution in [-0.2, 0) is 29.5 Å². The Morgan fingerprint density at radius 1 is 1.24 bits per heavy atom. The largest absolute Gasteiger partial charge is 0.370 e. The minimum absolute atomic E-state index is 0.117. The van der Waals surface area contributed by atoms with Crippen molar-refractivity contribution >= 4 is 23.6 Å². The minimum atomic E-state index is -0.391. The lowest BCUT2D eigenvalue weighted by atomic mass is 10.1. The van der Waals surface area contributed by atoms with Gasteiger partial charge in [0.05, 0.1) is 5.75 Å². The summed E-state index contributed by atoms with van der Waals surface area (Å²) in [6, 6.07) is 6.20. The van der Waals surface area contributed by atoms with Gasteiger partial charge in [-0.3, -0.25) is 9.59 Å². The van der Waals surface area contributed by atoms with Crippen LogP contribution in [0.15, 0.2) is 29.4 Å². The molecule has 3 N–H and O–H groups in total. The second kappa shape index (κ2) is 9.16. The molecule has 0 spiro atoms. The van der Waals surface area contributed by atoms with Gasteiger partial charge >= 0.3 is 0 Å². The molecule has 7 nitrogen and oxygen atoms in total. The molecule has 1 aromatic heterocycles. The van der Waals surface area contributed by atoms with Crippen molar-refractivity contribution in [3.63, 3.8) is 0 Å². The van der Waals surface area contributed by atoms with Gasteiger partial charge in [0.2, 0.25) is 11.8 Å². The number of nitrogens with zero attached hydrogens (tertiary/aromatic N) is 3. The molecule has 0 fully saturated rings. The molecule has 0 unspecified atom stereocenters. The van der Waals surface area contributed by atoms with E-state index in [4.69, 9.17) is 5.73 Å². The predicted octanol–water partition coefficient (Wildman–Crippen LogP) is 0.823. The fraction of sp³-hybridized carbons (Fsp3) is 0.375. The Bertz CT molecular complexity index is 733. The lowest BCUT2D eigenvalue weighted by Gasteiger charge is -2.06. The number of halogens is 1. The van der Waals surface area contributed by atoms with Gasteiger partial charge in [0.25, 0.3) is 0 Å². The van der Waals surface area contributed by atoms with Crippen molar-refractivity contribution in [3.05, 3.63) is 41.5 Å². The molecular weight excluding hydrogens is 345 g/mol. The Hall–Kier alpha value is -2.42. The van der Waals surface area contributed by atoms with Crippen molar-refractivity contribution in [2.24, 2.45) is 12.8 Å². The van der Waals surface area contributed by atoms with Crippen LogP contribution in [0, 0.1) is 5.82 Å². The summed E-state index contributed by atoms with van der Waals surface area (Å²) >= 11 is 1.27. The quantitative estimate of drug-likeness (QED) is 0.641. The van der Waals surface area contributed by atoms with E-state index in [2.05, 4.69) is 15.5 Å². The average Bonchev–Trinajstić information content (AvgIpc) is 2.93. The van der Waals surface area contributed by atoms with Gasteiger partial charge in [-0.15, -0.1) is 10.2 Å². The van der Waals surface area contributed by atoms with E-state index >= 15 is 0 Å². The molecule has 1 aromatic carbocycles. The van der Waals surface area contributed by atoms with Crippen molar-refractivity contribution in [2.45, 2.75) is 24.4 Å². The molecule has 0 aliphatic rings. The Morgan fingerprint density at radius 2 is 1.96 bits per heavy atom. The smallest absolute Gasteiger partial charge is 0.230 e. The van der Waals surface area contributed by atoms with E-state index in [0.29, 0.717) is 30.4 Å². The number of aryl methyl sites for hydroxylation is 1. The van der Waals surface area contributed by atoms with Gasteiger partial charge in [0.15, 0.2) is 5.16 Å². The highest BCUT2D eigenvalue weighted by atomic mass is 32.2. The first-order chi connectivity index (χ1) is 12.0. The van der Waals surface area contributed by atoms with Crippen molar-refractivity contribution in [1.82, 2.24) is 20.1 Å². The highest BCUT2D eigenvalue weighted by Gasteiger charge is 2.12. The van der Waals surface area contributed by atoms with Crippen LogP contribution in [0.5, 0.6) is 0 Å². The normalized spacial score (nSPS) is 10.6. The summed E-state index contributed by atoms with van der Waals surface area (Å²) in [4.78, 5) is 22.7. The maximum Gasteiger partial charge on any atom is 0.230 e. The zero-order chi connectivity index (χ0) is 18.2. The third-order valence-electron chi connectivity index (χ3n) is 3.50. The number of carbonyl (C=O) groups excluding carboxylic acids is 2. The number of aromatic nitrogens is 3. The molecule has 2 amide bonds. The second-order valence-electron chi connectivity index (χ2n) is 5.44. The third kappa shape index (κ3) is 6.18. The van der Waals surface area contributed by atoms with Gasteiger partial charge in [0.1, 0.15) is 11.6 Å². The third-order valence-corrected chi connectivity index (χ3v) is 4.52. The summed E-state index contributed by atoms with van der Waals surface area (Å²) in [6.45, 7) is 0.480. The fourth-order valence-electron chi connectivity index (χ4n) is 2.10. The number of amides is 2. The van der Waals surface area contributed by atoms with Gasteiger partial charge in [-0.25, -0.2) is 4.39 Å². The Kier molecular flexibility index (Phi) is 6.93. The number of hydrogen-bond acceptors (Lipinski definition) is 5. The van der Waals surface area contributed by atoms with Crippen LogP contribution in [0.1, 0.15) is 17.8 Å². The van der Waals surface area contributed by atoms with E-state index in [1.165, 1.54) is 23.9 Å². The lowest BCUT2D eigenvalue weighted by molar-refractivity contribution is -0.119. The van der Waals surface area contributed by atoms with Gasteiger partial charge in [-0.2, -0.15) is 0 Å². The number of carbonyl (C=O) groups is 2. The van der Waals surface area contributed by atoms with Crippen molar-refractivity contribution in [1.29, 1.82) is 0 Å². The molecule has 0 saturated carbocycles. The van der Waals surface area contributed by atoms with Gasteiger partial charge in [-0.05, 0) is 24.1 Å². The molecule has 2 rings (SSSR count). The molecule has 0 aliphatic heterocycles. The first-order valence-corrected chi connectivity index (χ1v) is 8.75. The van der Waals surface area contributed by atoms with E-state index in [1.807, 2.05) is 0 Å². The first kappa shape index (κ1) is 18.9. The Balaban J connectivity index is 1.72. The molecule has 2 aromatic rings. The van der Waals surface area contributed by atoms with Crippen molar-refractivity contribution in [2.75, 3.05) is 12.3 Å².